The summed E-state index contributed by atoms with van der Waals surface area (Å²) in [6, 6.07) is 14.7. The zero-order valence-electron chi connectivity index (χ0n) is 13.2. The predicted molar refractivity (Wildman–Crippen MR) is 98.6 cm³/mol. The van der Waals surface area contributed by atoms with Gasteiger partial charge in [-0.1, -0.05) is 48.0 Å². The Kier molecular flexibility index (Phi) is 4.90. The van der Waals surface area contributed by atoms with Gasteiger partial charge in [0.2, 0.25) is 0 Å². The van der Waals surface area contributed by atoms with Crippen LogP contribution in [0.4, 0.5) is 5.69 Å². The molecule has 0 unspecified atom stereocenters. The van der Waals surface area contributed by atoms with Gasteiger partial charge in [0.05, 0.1) is 17.7 Å². The Balaban J connectivity index is 1.86. The highest BCUT2D eigenvalue weighted by Crippen LogP contribution is 2.32. The molecule has 0 saturated heterocycles. The SMILES string of the molecule is NC(N)=Nc1ccc2c(Cl)c(OCCc3ccccc3)oc(=O)c2c1. The van der Waals surface area contributed by atoms with E-state index < -0.39 is 5.63 Å². The lowest BCUT2D eigenvalue weighted by Crippen LogP contribution is -2.21. The number of nitrogens with zero attached hydrogens (tertiary/aromatic N) is 1. The van der Waals surface area contributed by atoms with E-state index in [0.717, 1.165) is 5.56 Å². The fourth-order valence-corrected chi connectivity index (χ4v) is 2.66. The van der Waals surface area contributed by atoms with E-state index in [0.29, 0.717) is 24.1 Å². The van der Waals surface area contributed by atoms with E-state index in [1.165, 1.54) is 6.07 Å². The van der Waals surface area contributed by atoms with Gasteiger partial charge >= 0.3 is 11.6 Å². The monoisotopic (exact) mass is 357 g/mol. The summed E-state index contributed by atoms with van der Waals surface area (Å²) in [4.78, 5) is 16.1. The average molecular weight is 358 g/mol. The fourth-order valence-electron chi connectivity index (χ4n) is 2.40. The summed E-state index contributed by atoms with van der Waals surface area (Å²) >= 11 is 6.31. The minimum Gasteiger partial charge on any atom is -0.464 e. The van der Waals surface area contributed by atoms with E-state index in [2.05, 4.69) is 4.99 Å². The summed E-state index contributed by atoms with van der Waals surface area (Å²) in [5.41, 5.74) is 11.7. The molecular formula is C18H16ClN3O3. The Labute approximate surface area is 148 Å². The molecule has 0 aliphatic heterocycles. The predicted octanol–water partition coefficient (Wildman–Crippen LogP) is 2.97. The molecule has 6 nitrogen and oxygen atoms in total. The first-order valence-corrected chi connectivity index (χ1v) is 7.95. The average Bonchev–Trinajstić information content (AvgIpc) is 2.59. The Hall–Kier alpha value is -2.99. The molecule has 128 valence electrons. The van der Waals surface area contributed by atoms with Crippen LogP contribution >= 0.6 is 11.6 Å². The van der Waals surface area contributed by atoms with Crippen molar-refractivity contribution in [3.63, 3.8) is 0 Å². The highest BCUT2D eigenvalue weighted by molar-refractivity contribution is 6.36. The zero-order valence-corrected chi connectivity index (χ0v) is 14.0. The first kappa shape index (κ1) is 16.9. The van der Waals surface area contributed by atoms with Crippen LogP contribution in [0.15, 0.2) is 62.7 Å². The number of benzene rings is 2. The number of hydrogen-bond acceptors (Lipinski definition) is 4. The summed E-state index contributed by atoms with van der Waals surface area (Å²) < 4.78 is 10.8. The smallest absolute Gasteiger partial charge is 0.346 e. The molecular weight excluding hydrogens is 342 g/mol. The number of hydrogen-bond donors (Lipinski definition) is 2. The van der Waals surface area contributed by atoms with E-state index in [9.17, 15) is 4.79 Å². The van der Waals surface area contributed by atoms with Gasteiger partial charge in [0, 0.05) is 11.8 Å². The molecule has 2 aromatic carbocycles. The van der Waals surface area contributed by atoms with Crippen molar-refractivity contribution >= 4 is 34.0 Å². The molecule has 0 amide bonds. The second-order valence-corrected chi connectivity index (χ2v) is 5.72. The summed E-state index contributed by atoms with van der Waals surface area (Å²) in [5, 5.41) is 1.03. The van der Waals surface area contributed by atoms with Gasteiger partial charge in [-0.25, -0.2) is 9.79 Å². The number of halogens is 1. The van der Waals surface area contributed by atoms with Crippen LogP contribution in [-0.2, 0) is 6.42 Å². The minimum atomic E-state index is -0.568. The number of ether oxygens (including phenoxy) is 1. The first-order chi connectivity index (χ1) is 12.0. The molecule has 0 radical (unpaired) electrons. The van der Waals surface area contributed by atoms with Gasteiger partial charge in [-0.05, 0) is 17.7 Å². The van der Waals surface area contributed by atoms with Gasteiger partial charge < -0.3 is 20.6 Å². The van der Waals surface area contributed by atoms with Crippen molar-refractivity contribution in [3.05, 3.63) is 69.5 Å². The molecule has 1 aromatic heterocycles. The van der Waals surface area contributed by atoms with Gasteiger partial charge in [0.15, 0.2) is 5.96 Å². The lowest BCUT2D eigenvalue weighted by Gasteiger charge is -2.08. The lowest BCUT2D eigenvalue weighted by molar-refractivity contribution is 0.235. The first-order valence-electron chi connectivity index (χ1n) is 7.57. The summed E-state index contributed by atoms with van der Waals surface area (Å²) in [7, 11) is 0. The number of rotatable bonds is 5. The van der Waals surface area contributed by atoms with Crippen LogP contribution in [0, 0.1) is 0 Å². The molecule has 7 heteroatoms. The quantitative estimate of drug-likeness (QED) is 0.539. The van der Waals surface area contributed by atoms with E-state index in [1.54, 1.807) is 12.1 Å². The van der Waals surface area contributed by atoms with E-state index in [4.69, 9.17) is 32.2 Å². The van der Waals surface area contributed by atoms with Crippen LogP contribution in [0.5, 0.6) is 5.95 Å². The third kappa shape index (κ3) is 3.92. The Morgan fingerprint density at radius 2 is 1.88 bits per heavy atom. The molecule has 3 aromatic rings. The fraction of sp³-hybridized carbons (Fsp3) is 0.111. The largest absolute Gasteiger partial charge is 0.464 e. The maximum absolute atomic E-state index is 12.2. The molecule has 3 rings (SSSR count). The van der Waals surface area contributed by atoms with Crippen molar-refractivity contribution < 1.29 is 9.15 Å². The van der Waals surface area contributed by atoms with Gasteiger partial charge in [-0.15, -0.1) is 0 Å². The molecule has 0 aliphatic rings. The molecule has 4 N–H and O–H groups in total. The van der Waals surface area contributed by atoms with Crippen molar-refractivity contribution in [2.75, 3.05) is 6.61 Å². The summed E-state index contributed by atoms with van der Waals surface area (Å²) in [6.45, 7) is 0.338. The third-order valence-corrected chi connectivity index (χ3v) is 3.91. The van der Waals surface area contributed by atoms with Crippen molar-refractivity contribution in [3.8, 4) is 5.95 Å². The van der Waals surface area contributed by atoms with Gasteiger partial charge in [0.25, 0.3) is 0 Å². The molecule has 0 spiro atoms. The van der Waals surface area contributed by atoms with Gasteiger partial charge in [-0.3, -0.25) is 0 Å². The van der Waals surface area contributed by atoms with Crippen molar-refractivity contribution in [1.82, 2.24) is 0 Å². The standard InChI is InChI=1S/C18H16ClN3O3/c19-15-13-7-6-12(22-18(20)21)10-14(13)16(23)25-17(15)24-9-8-11-4-2-1-3-5-11/h1-7,10H,8-9H2,(H4,20,21,22). The minimum absolute atomic E-state index is 0.00434. The Bertz CT molecular complexity index is 980. The number of nitrogens with two attached hydrogens (primary N) is 2. The maximum Gasteiger partial charge on any atom is 0.346 e. The van der Waals surface area contributed by atoms with Crippen molar-refractivity contribution in [1.29, 1.82) is 0 Å². The van der Waals surface area contributed by atoms with Crippen LogP contribution in [0.2, 0.25) is 5.02 Å². The van der Waals surface area contributed by atoms with Crippen molar-refractivity contribution in [2.45, 2.75) is 6.42 Å². The zero-order chi connectivity index (χ0) is 17.8. The van der Waals surface area contributed by atoms with E-state index in [1.807, 2.05) is 30.3 Å². The summed E-state index contributed by atoms with van der Waals surface area (Å²) in [5.74, 6) is -0.0969. The van der Waals surface area contributed by atoms with Gasteiger partial charge in [0.1, 0.15) is 5.02 Å². The van der Waals surface area contributed by atoms with E-state index in [-0.39, 0.29) is 22.3 Å². The van der Waals surface area contributed by atoms with Crippen LogP contribution in [0.25, 0.3) is 10.8 Å². The van der Waals surface area contributed by atoms with Crippen LogP contribution < -0.4 is 21.8 Å². The van der Waals surface area contributed by atoms with Crippen LogP contribution in [-0.4, -0.2) is 12.6 Å². The lowest BCUT2D eigenvalue weighted by atomic mass is 10.1. The highest BCUT2D eigenvalue weighted by atomic mass is 35.5. The Morgan fingerprint density at radius 3 is 2.60 bits per heavy atom. The second-order valence-electron chi connectivity index (χ2n) is 5.34. The van der Waals surface area contributed by atoms with E-state index >= 15 is 0 Å². The highest BCUT2D eigenvalue weighted by Gasteiger charge is 2.14. The van der Waals surface area contributed by atoms with Crippen LogP contribution in [0.1, 0.15) is 5.56 Å². The normalized spacial score (nSPS) is 10.6. The topological polar surface area (TPSA) is 104 Å². The second kappa shape index (κ2) is 7.27. The number of guanidine groups is 1. The summed E-state index contributed by atoms with van der Waals surface area (Å²) in [6.07, 6.45) is 0.669. The molecule has 1 heterocycles. The molecule has 25 heavy (non-hydrogen) atoms. The third-order valence-electron chi connectivity index (χ3n) is 3.55. The number of aliphatic imine (C=N–C) groups is 1. The number of fused-ring (bicyclic) bond motifs is 1. The maximum atomic E-state index is 12.2. The molecule has 0 saturated carbocycles. The van der Waals surface area contributed by atoms with Gasteiger partial charge in [-0.2, -0.15) is 0 Å². The van der Waals surface area contributed by atoms with Crippen molar-refractivity contribution in [2.24, 2.45) is 16.5 Å². The molecule has 0 atom stereocenters. The molecule has 0 bridgehead atoms. The van der Waals surface area contributed by atoms with Crippen LogP contribution in [0.3, 0.4) is 0 Å². The molecule has 0 aliphatic carbocycles. The molecule has 0 fully saturated rings. The Morgan fingerprint density at radius 1 is 1.12 bits per heavy atom.